The average Bonchev–Trinajstić information content (AvgIpc) is 3.10. The van der Waals surface area contributed by atoms with Crippen LogP contribution in [0.4, 0.5) is 0 Å². The molecule has 0 saturated heterocycles. The molecule has 0 radical (unpaired) electrons. The number of rotatable bonds is 9. The highest BCUT2D eigenvalue weighted by molar-refractivity contribution is 4.86. The Labute approximate surface area is 108 Å². The molecule has 0 bridgehead atoms. The van der Waals surface area contributed by atoms with E-state index in [2.05, 4.69) is 45.0 Å². The maximum atomic E-state index is 3.69. The van der Waals surface area contributed by atoms with Gasteiger partial charge in [-0.05, 0) is 37.6 Å². The molecule has 2 nitrogen and oxygen atoms in total. The van der Waals surface area contributed by atoms with Crippen LogP contribution in [-0.2, 0) is 0 Å². The van der Waals surface area contributed by atoms with E-state index < -0.39 is 0 Å². The lowest BCUT2D eigenvalue weighted by molar-refractivity contribution is 0.164. The van der Waals surface area contributed by atoms with Gasteiger partial charge in [0.2, 0.25) is 0 Å². The molecule has 1 fully saturated rings. The molecule has 1 aliphatic rings. The summed E-state index contributed by atoms with van der Waals surface area (Å²) >= 11 is 0. The van der Waals surface area contributed by atoms with E-state index in [9.17, 15) is 0 Å². The van der Waals surface area contributed by atoms with Crippen LogP contribution < -0.4 is 5.32 Å². The molecule has 0 heterocycles. The fourth-order valence-corrected chi connectivity index (χ4v) is 2.35. The van der Waals surface area contributed by atoms with Crippen LogP contribution >= 0.6 is 0 Å². The summed E-state index contributed by atoms with van der Waals surface area (Å²) in [4.78, 5) is 2.52. The Morgan fingerprint density at radius 2 is 2.00 bits per heavy atom. The van der Waals surface area contributed by atoms with Crippen molar-refractivity contribution < 1.29 is 0 Å². The zero-order valence-corrected chi connectivity index (χ0v) is 12.6. The van der Waals surface area contributed by atoms with Gasteiger partial charge in [0.25, 0.3) is 0 Å². The van der Waals surface area contributed by atoms with Crippen LogP contribution in [0.15, 0.2) is 0 Å². The molecule has 1 saturated carbocycles. The van der Waals surface area contributed by atoms with Gasteiger partial charge in [-0.3, -0.25) is 0 Å². The molecule has 0 aromatic rings. The van der Waals surface area contributed by atoms with E-state index in [4.69, 9.17) is 0 Å². The van der Waals surface area contributed by atoms with Crippen LogP contribution in [0.2, 0.25) is 0 Å². The van der Waals surface area contributed by atoms with Gasteiger partial charge in [0.1, 0.15) is 0 Å². The van der Waals surface area contributed by atoms with Crippen molar-refractivity contribution in [1.82, 2.24) is 10.2 Å². The Bertz CT molecular complexity index is 213. The summed E-state index contributed by atoms with van der Waals surface area (Å²) in [7, 11) is 2.27. The van der Waals surface area contributed by atoms with E-state index in [0.717, 1.165) is 12.0 Å². The smallest absolute Gasteiger partial charge is 0.00684 e. The first-order chi connectivity index (χ1) is 7.99. The highest BCUT2D eigenvalue weighted by atomic mass is 15.1. The molecular weight excluding hydrogens is 208 g/mol. The quantitative estimate of drug-likeness (QED) is 0.666. The molecule has 2 atom stereocenters. The van der Waals surface area contributed by atoms with Gasteiger partial charge in [-0.25, -0.2) is 0 Å². The highest BCUT2D eigenvalue weighted by Gasteiger charge is 2.28. The zero-order chi connectivity index (χ0) is 12.9. The van der Waals surface area contributed by atoms with Gasteiger partial charge in [0, 0.05) is 25.7 Å². The number of nitrogens with zero attached hydrogens (tertiary/aromatic N) is 1. The van der Waals surface area contributed by atoms with Gasteiger partial charge in [-0.1, -0.05) is 34.1 Å². The second-order valence-electron chi connectivity index (χ2n) is 6.53. The number of hydrogen-bond donors (Lipinski definition) is 1. The van der Waals surface area contributed by atoms with E-state index >= 15 is 0 Å². The van der Waals surface area contributed by atoms with E-state index in [-0.39, 0.29) is 0 Å². The predicted molar refractivity (Wildman–Crippen MR) is 76.4 cm³/mol. The molecule has 0 aliphatic heterocycles. The van der Waals surface area contributed by atoms with Crippen molar-refractivity contribution in [2.75, 3.05) is 26.7 Å². The Morgan fingerprint density at radius 1 is 1.35 bits per heavy atom. The van der Waals surface area contributed by atoms with E-state index in [1.54, 1.807) is 0 Å². The molecule has 0 spiro atoms. The fraction of sp³-hybridized carbons (Fsp3) is 1.00. The van der Waals surface area contributed by atoms with Gasteiger partial charge >= 0.3 is 0 Å². The van der Waals surface area contributed by atoms with Crippen molar-refractivity contribution in [3.63, 3.8) is 0 Å². The topological polar surface area (TPSA) is 15.3 Å². The van der Waals surface area contributed by atoms with Crippen LogP contribution in [0.1, 0.15) is 53.4 Å². The Hall–Kier alpha value is -0.0800. The lowest BCUT2D eigenvalue weighted by Crippen LogP contribution is -2.42. The van der Waals surface area contributed by atoms with Crippen LogP contribution in [-0.4, -0.2) is 37.6 Å². The van der Waals surface area contributed by atoms with Crippen molar-refractivity contribution in [1.29, 1.82) is 0 Å². The van der Waals surface area contributed by atoms with Crippen molar-refractivity contribution >= 4 is 0 Å². The standard InChI is InChI=1S/C15H32N2/c1-6-13(3)10-17(5)12-15(4,7-2)11-16-14-8-9-14/h13-14,16H,6-12H2,1-5H3. The maximum absolute atomic E-state index is 3.69. The van der Waals surface area contributed by atoms with Crippen LogP contribution in [0.5, 0.6) is 0 Å². The largest absolute Gasteiger partial charge is 0.313 e. The SMILES string of the molecule is CCC(C)CN(C)CC(C)(CC)CNC1CC1. The van der Waals surface area contributed by atoms with Gasteiger partial charge in [0.15, 0.2) is 0 Å². The van der Waals surface area contributed by atoms with Crippen molar-refractivity contribution in [3.8, 4) is 0 Å². The summed E-state index contributed by atoms with van der Waals surface area (Å²) in [5.41, 5.74) is 0.435. The average molecular weight is 240 g/mol. The molecule has 0 aromatic carbocycles. The fourth-order valence-electron chi connectivity index (χ4n) is 2.35. The van der Waals surface area contributed by atoms with Crippen molar-refractivity contribution in [3.05, 3.63) is 0 Å². The normalized spacial score (nSPS) is 21.5. The van der Waals surface area contributed by atoms with E-state index in [1.165, 1.54) is 45.3 Å². The summed E-state index contributed by atoms with van der Waals surface area (Å²) in [6, 6.07) is 0.834. The summed E-state index contributed by atoms with van der Waals surface area (Å²) in [6.45, 7) is 13.0. The minimum atomic E-state index is 0.435. The van der Waals surface area contributed by atoms with E-state index in [1.807, 2.05) is 0 Å². The Balaban J connectivity index is 2.31. The Morgan fingerprint density at radius 3 is 2.47 bits per heavy atom. The van der Waals surface area contributed by atoms with E-state index in [0.29, 0.717) is 5.41 Å². The van der Waals surface area contributed by atoms with Crippen molar-refractivity contribution in [2.24, 2.45) is 11.3 Å². The lowest BCUT2D eigenvalue weighted by Gasteiger charge is -2.34. The van der Waals surface area contributed by atoms with Crippen LogP contribution in [0, 0.1) is 11.3 Å². The molecule has 17 heavy (non-hydrogen) atoms. The minimum absolute atomic E-state index is 0.435. The first kappa shape index (κ1) is 15.0. The maximum Gasteiger partial charge on any atom is 0.00684 e. The minimum Gasteiger partial charge on any atom is -0.313 e. The molecule has 1 aliphatic carbocycles. The van der Waals surface area contributed by atoms with Crippen molar-refractivity contribution in [2.45, 2.75) is 59.4 Å². The lowest BCUT2D eigenvalue weighted by atomic mass is 9.86. The molecule has 2 heteroatoms. The summed E-state index contributed by atoms with van der Waals surface area (Å²) in [6.07, 6.45) is 5.33. The molecule has 1 rings (SSSR count). The van der Waals surface area contributed by atoms with Gasteiger partial charge in [0.05, 0.1) is 0 Å². The molecule has 0 amide bonds. The molecular formula is C15H32N2. The first-order valence-electron chi connectivity index (χ1n) is 7.41. The van der Waals surface area contributed by atoms with Gasteiger partial charge in [-0.15, -0.1) is 0 Å². The van der Waals surface area contributed by atoms with Gasteiger partial charge in [-0.2, -0.15) is 0 Å². The molecule has 0 aromatic heterocycles. The summed E-state index contributed by atoms with van der Waals surface area (Å²) in [5, 5.41) is 3.69. The molecule has 1 N–H and O–H groups in total. The zero-order valence-electron chi connectivity index (χ0n) is 12.6. The summed E-state index contributed by atoms with van der Waals surface area (Å²) in [5.74, 6) is 0.817. The second kappa shape index (κ2) is 6.75. The molecule has 2 unspecified atom stereocenters. The van der Waals surface area contributed by atoms with Crippen LogP contribution in [0.3, 0.4) is 0 Å². The third-order valence-electron chi connectivity index (χ3n) is 4.22. The third-order valence-corrected chi connectivity index (χ3v) is 4.22. The molecule has 102 valence electrons. The third kappa shape index (κ3) is 5.87. The summed E-state index contributed by atoms with van der Waals surface area (Å²) < 4.78 is 0. The first-order valence-corrected chi connectivity index (χ1v) is 7.41. The monoisotopic (exact) mass is 240 g/mol. The number of nitrogens with one attached hydrogen (secondary N) is 1. The highest BCUT2D eigenvalue weighted by Crippen LogP contribution is 2.25. The van der Waals surface area contributed by atoms with Gasteiger partial charge < -0.3 is 10.2 Å². The Kier molecular flexibility index (Phi) is 5.94. The number of hydrogen-bond acceptors (Lipinski definition) is 2. The second-order valence-corrected chi connectivity index (χ2v) is 6.53. The van der Waals surface area contributed by atoms with Crippen LogP contribution in [0.25, 0.3) is 0 Å². The predicted octanol–water partition coefficient (Wildman–Crippen LogP) is 3.13.